The van der Waals surface area contributed by atoms with Gasteiger partial charge in [-0.25, -0.2) is 0 Å². The van der Waals surface area contributed by atoms with E-state index in [-0.39, 0.29) is 23.2 Å². The molecule has 2 atom stereocenters. The summed E-state index contributed by atoms with van der Waals surface area (Å²) in [4.78, 5) is 11.5. The van der Waals surface area contributed by atoms with Gasteiger partial charge in [-0.15, -0.1) is 0 Å². The third-order valence-electron chi connectivity index (χ3n) is 4.45. The number of carbonyl (C=O) groups is 1. The van der Waals surface area contributed by atoms with Crippen LogP contribution in [0.4, 0.5) is 0 Å². The fourth-order valence-corrected chi connectivity index (χ4v) is 3.27. The molecule has 2 bridgehead atoms. The van der Waals surface area contributed by atoms with Crippen LogP contribution in [0.2, 0.25) is 0 Å². The normalized spacial score (nSPS) is 42.4. The summed E-state index contributed by atoms with van der Waals surface area (Å²) >= 11 is 0. The van der Waals surface area contributed by atoms with E-state index in [9.17, 15) is 4.79 Å². The molecule has 0 radical (unpaired) electrons. The molecule has 0 spiro atoms. The molecule has 3 rings (SSSR count). The van der Waals surface area contributed by atoms with E-state index >= 15 is 0 Å². The first-order valence-electron chi connectivity index (χ1n) is 4.69. The van der Waals surface area contributed by atoms with Gasteiger partial charge in [-0.2, -0.15) is 0 Å². The summed E-state index contributed by atoms with van der Waals surface area (Å²) in [6, 6.07) is 0. The van der Waals surface area contributed by atoms with Crippen molar-refractivity contribution in [1.29, 1.82) is 0 Å². The highest BCUT2D eigenvalue weighted by molar-refractivity contribution is 5.88. The predicted molar refractivity (Wildman–Crippen MR) is 45.6 cm³/mol. The molecule has 0 aromatic rings. The van der Waals surface area contributed by atoms with Gasteiger partial charge in [-0.1, -0.05) is 13.8 Å². The number of hydrogen-bond acceptors (Lipinski definition) is 2. The van der Waals surface area contributed by atoms with E-state index in [1.54, 1.807) is 0 Å². The van der Waals surface area contributed by atoms with Crippen molar-refractivity contribution in [2.24, 2.45) is 16.7 Å². The number of fused-ring (bicyclic) bond motifs is 1. The van der Waals surface area contributed by atoms with Gasteiger partial charge in [0.05, 0.1) is 0 Å². The zero-order valence-electron chi connectivity index (χ0n) is 7.76. The molecule has 3 saturated carbocycles. The Labute approximate surface area is 73.0 Å². The molecule has 0 unspecified atom stereocenters. The lowest BCUT2D eigenvalue weighted by Gasteiger charge is -2.53. The van der Waals surface area contributed by atoms with Gasteiger partial charge in [0.1, 0.15) is 6.61 Å². The fourth-order valence-electron chi connectivity index (χ4n) is 3.27. The van der Waals surface area contributed by atoms with E-state index in [0.717, 1.165) is 18.8 Å². The molecular formula is C10H16O2. The second kappa shape index (κ2) is 2.11. The average Bonchev–Trinajstić information content (AvgIpc) is 2.58. The number of ketones is 1. The van der Waals surface area contributed by atoms with Gasteiger partial charge in [0.15, 0.2) is 5.78 Å². The summed E-state index contributed by atoms with van der Waals surface area (Å²) in [6.07, 6.45) is 3.21. The van der Waals surface area contributed by atoms with Crippen LogP contribution < -0.4 is 0 Å². The van der Waals surface area contributed by atoms with Crippen molar-refractivity contribution in [2.75, 3.05) is 6.61 Å². The number of Topliss-reactive ketones (excluding diaryl/α,β-unsaturated/α-hetero) is 1. The van der Waals surface area contributed by atoms with Crippen LogP contribution in [0.15, 0.2) is 0 Å². The molecule has 0 aliphatic heterocycles. The molecule has 3 fully saturated rings. The topological polar surface area (TPSA) is 37.3 Å². The first kappa shape index (κ1) is 8.24. The highest BCUT2D eigenvalue weighted by atomic mass is 16.3. The Morgan fingerprint density at radius 1 is 1.58 bits per heavy atom. The molecule has 1 N–H and O–H groups in total. The molecule has 2 heteroatoms. The Kier molecular flexibility index (Phi) is 1.45. The summed E-state index contributed by atoms with van der Waals surface area (Å²) in [5, 5.41) is 8.87. The minimum atomic E-state index is -0.268. The van der Waals surface area contributed by atoms with Crippen LogP contribution in [0, 0.1) is 16.7 Å². The maximum atomic E-state index is 11.5. The summed E-state index contributed by atoms with van der Waals surface area (Å²) in [6.45, 7) is 4.07. The maximum absolute atomic E-state index is 11.5. The molecule has 0 heterocycles. The van der Waals surface area contributed by atoms with Crippen molar-refractivity contribution in [3.63, 3.8) is 0 Å². The third kappa shape index (κ3) is 0.634. The van der Waals surface area contributed by atoms with Gasteiger partial charge in [0.25, 0.3) is 0 Å². The molecule has 12 heavy (non-hydrogen) atoms. The number of aliphatic hydroxyl groups is 1. The number of aliphatic hydroxyl groups excluding tert-OH is 1. The average molecular weight is 168 g/mol. The smallest absolute Gasteiger partial charge is 0.164 e. The van der Waals surface area contributed by atoms with Crippen LogP contribution >= 0.6 is 0 Å². The minimum Gasteiger partial charge on any atom is -0.389 e. The Balaban J connectivity index is 2.29. The van der Waals surface area contributed by atoms with Gasteiger partial charge < -0.3 is 5.11 Å². The van der Waals surface area contributed by atoms with E-state index in [0.29, 0.717) is 0 Å². The van der Waals surface area contributed by atoms with E-state index < -0.39 is 0 Å². The van der Waals surface area contributed by atoms with Crippen molar-refractivity contribution < 1.29 is 9.90 Å². The van der Waals surface area contributed by atoms with E-state index in [1.807, 2.05) is 0 Å². The van der Waals surface area contributed by atoms with Crippen molar-refractivity contribution in [3.05, 3.63) is 0 Å². The van der Waals surface area contributed by atoms with Crippen LogP contribution in [0.5, 0.6) is 0 Å². The molecule has 2 nitrogen and oxygen atoms in total. The van der Waals surface area contributed by atoms with E-state index in [1.165, 1.54) is 6.42 Å². The van der Waals surface area contributed by atoms with E-state index in [4.69, 9.17) is 5.11 Å². The second-order valence-electron chi connectivity index (χ2n) is 4.82. The highest BCUT2D eigenvalue weighted by Gasteiger charge is 2.67. The largest absolute Gasteiger partial charge is 0.389 e. The molecular weight excluding hydrogens is 152 g/mol. The fraction of sp³-hybridized carbons (Fsp3) is 0.900. The first-order chi connectivity index (χ1) is 5.54. The Bertz CT molecular complexity index is 228. The number of carbonyl (C=O) groups excluding carboxylic acids is 1. The quantitative estimate of drug-likeness (QED) is 0.676. The zero-order valence-corrected chi connectivity index (χ0v) is 7.76. The minimum absolute atomic E-state index is 0.0706. The van der Waals surface area contributed by atoms with Gasteiger partial charge in [-0.3, -0.25) is 4.79 Å². The third-order valence-corrected chi connectivity index (χ3v) is 4.45. The van der Waals surface area contributed by atoms with Crippen LogP contribution in [0.25, 0.3) is 0 Å². The zero-order chi connectivity index (χ0) is 8.98. The molecule has 68 valence electrons. The van der Waals surface area contributed by atoms with Crippen LogP contribution in [-0.2, 0) is 4.79 Å². The van der Waals surface area contributed by atoms with E-state index in [2.05, 4.69) is 13.8 Å². The van der Waals surface area contributed by atoms with Crippen molar-refractivity contribution >= 4 is 5.78 Å². The van der Waals surface area contributed by atoms with Gasteiger partial charge in [-0.05, 0) is 30.6 Å². The summed E-state index contributed by atoms with van der Waals surface area (Å²) in [7, 11) is 0. The summed E-state index contributed by atoms with van der Waals surface area (Å²) in [5.74, 6) is 0.800. The number of hydrogen-bond donors (Lipinski definition) is 1. The molecule has 0 aromatic carbocycles. The molecule has 0 amide bonds. The van der Waals surface area contributed by atoms with Crippen LogP contribution in [0.1, 0.15) is 33.1 Å². The molecule has 3 aliphatic rings. The lowest BCUT2D eigenvalue weighted by Crippen LogP contribution is -2.53. The van der Waals surface area contributed by atoms with Crippen molar-refractivity contribution in [1.82, 2.24) is 0 Å². The van der Waals surface area contributed by atoms with Gasteiger partial charge >= 0.3 is 0 Å². The standard InChI is InChI=1S/C10H16O2/c1-9(2)7-3-4-10(9,5-7)8(12)6-11/h7,11H,3-6H2,1-2H3/t7-,10+/m0/s1. The Hall–Kier alpha value is -0.370. The van der Waals surface area contributed by atoms with Crippen molar-refractivity contribution in [3.8, 4) is 0 Å². The molecule has 0 saturated heterocycles. The first-order valence-corrected chi connectivity index (χ1v) is 4.69. The van der Waals surface area contributed by atoms with Gasteiger partial charge in [0.2, 0.25) is 0 Å². The monoisotopic (exact) mass is 168 g/mol. The van der Waals surface area contributed by atoms with Crippen LogP contribution in [-0.4, -0.2) is 17.5 Å². The molecule has 3 aliphatic carbocycles. The van der Waals surface area contributed by atoms with Crippen LogP contribution in [0.3, 0.4) is 0 Å². The second-order valence-corrected chi connectivity index (χ2v) is 4.82. The lowest BCUT2D eigenvalue weighted by atomic mass is 9.49. The Morgan fingerprint density at radius 2 is 2.25 bits per heavy atom. The van der Waals surface area contributed by atoms with Gasteiger partial charge in [0, 0.05) is 5.41 Å². The number of rotatable bonds is 2. The highest BCUT2D eigenvalue weighted by Crippen LogP contribution is 2.70. The van der Waals surface area contributed by atoms with Crippen molar-refractivity contribution in [2.45, 2.75) is 33.1 Å². The maximum Gasteiger partial charge on any atom is 0.164 e. The lowest BCUT2D eigenvalue weighted by molar-refractivity contribution is -0.151. The molecule has 0 aromatic heterocycles. The summed E-state index contributed by atoms with van der Waals surface area (Å²) in [5.41, 5.74) is 0.0131. The SMILES string of the molecule is CC1(C)[C@H]2CC[C@]1(C(=O)CO)C2. The predicted octanol–water partition coefficient (Wildman–Crippen LogP) is 1.37. The Morgan fingerprint density at radius 3 is 2.58 bits per heavy atom. The summed E-state index contributed by atoms with van der Waals surface area (Å²) < 4.78 is 0.